The van der Waals surface area contributed by atoms with E-state index in [2.05, 4.69) is 25.9 Å². The third kappa shape index (κ3) is 2.23. The number of nitrogens with two attached hydrogens (primary N) is 1. The van der Waals surface area contributed by atoms with Crippen molar-refractivity contribution in [2.75, 3.05) is 0 Å². The summed E-state index contributed by atoms with van der Waals surface area (Å²) < 4.78 is 5.67. The molecule has 4 saturated carbocycles. The highest BCUT2D eigenvalue weighted by Crippen LogP contribution is 2.59. The topological polar surface area (TPSA) is 64.9 Å². The molecule has 0 radical (unpaired) electrons. The molecular formula is C17H27N3O. The van der Waals surface area contributed by atoms with Gasteiger partial charge in [0.05, 0.1) is 6.04 Å². The lowest BCUT2D eigenvalue weighted by Gasteiger charge is -2.53. The Kier molecular flexibility index (Phi) is 2.97. The summed E-state index contributed by atoms with van der Waals surface area (Å²) in [5.74, 6) is 5.57. The molecule has 2 N–H and O–H groups in total. The Morgan fingerprint density at radius 1 is 1.05 bits per heavy atom. The molecule has 116 valence electrons. The summed E-state index contributed by atoms with van der Waals surface area (Å²) in [7, 11) is 0. The van der Waals surface area contributed by atoms with Crippen LogP contribution in [0.1, 0.15) is 76.6 Å². The molecule has 0 aliphatic heterocycles. The molecule has 4 nitrogen and oxygen atoms in total. The molecule has 4 aliphatic carbocycles. The van der Waals surface area contributed by atoms with E-state index in [1.807, 2.05) is 0 Å². The van der Waals surface area contributed by atoms with E-state index in [9.17, 15) is 0 Å². The molecule has 1 aromatic rings. The number of hydrogen-bond acceptors (Lipinski definition) is 4. The summed E-state index contributed by atoms with van der Waals surface area (Å²) in [6.07, 6.45) is 6.98. The van der Waals surface area contributed by atoms with E-state index >= 15 is 0 Å². The highest BCUT2D eigenvalue weighted by Gasteiger charge is 2.50. The van der Waals surface area contributed by atoms with Crippen LogP contribution in [0.25, 0.3) is 0 Å². The largest absolute Gasteiger partial charge is 0.339 e. The van der Waals surface area contributed by atoms with Gasteiger partial charge in [0.1, 0.15) is 0 Å². The lowest BCUT2D eigenvalue weighted by atomic mass is 9.52. The van der Waals surface area contributed by atoms with Crippen molar-refractivity contribution in [3.05, 3.63) is 11.7 Å². The smallest absolute Gasteiger partial charge is 0.230 e. The molecule has 0 amide bonds. The highest BCUT2D eigenvalue weighted by atomic mass is 16.5. The van der Waals surface area contributed by atoms with E-state index in [1.54, 1.807) is 0 Å². The monoisotopic (exact) mass is 289 g/mol. The molecule has 4 aliphatic rings. The van der Waals surface area contributed by atoms with Crippen LogP contribution in [0.4, 0.5) is 0 Å². The molecule has 21 heavy (non-hydrogen) atoms. The maximum atomic E-state index is 6.27. The summed E-state index contributed by atoms with van der Waals surface area (Å²) in [6, 6.07) is -0.160. The van der Waals surface area contributed by atoms with Crippen LogP contribution in [0.15, 0.2) is 4.52 Å². The summed E-state index contributed by atoms with van der Waals surface area (Å²) in [4.78, 5) is 4.72. The van der Waals surface area contributed by atoms with Crippen LogP contribution in [-0.4, -0.2) is 10.1 Å². The second-order valence-corrected chi connectivity index (χ2v) is 8.79. The van der Waals surface area contributed by atoms with Crippen molar-refractivity contribution in [2.24, 2.45) is 34.8 Å². The molecule has 5 rings (SSSR count). The summed E-state index contributed by atoms with van der Waals surface area (Å²) in [5.41, 5.74) is 6.24. The predicted octanol–water partition coefficient (Wildman–Crippen LogP) is 3.66. The third-order valence-electron chi connectivity index (χ3n) is 6.18. The van der Waals surface area contributed by atoms with Gasteiger partial charge in [-0.25, -0.2) is 0 Å². The van der Waals surface area contributed by atoms with E-state index in [0.717, 1.165) is 29.6 Å². The Balaban J connectivity index is 1.59. The Morgan fingerprint density at radius 2 is 1.62 bits per heavy atom. The summed E-state index contributed by atoms with van der Waals surface area (Å²) >= 11 is 0. The fourth-order valence-corrected chi connectivity index (χ4v) is 5.22. The first kappa shape index (κ1) is 13.7. The van der Waals surface area contributed by atoms with Crippen molar-refractivity contribution < 1.29 is 4.52 Å². The Hall–Kier alpha value is -0.900. The predicted molar refractivity (Wildman–Crippen MR) is 80.5 cm³/mol. The van der Waals surface area contributed by atoms with E-state index in [0.29, 0.717) is 11.7 Å². The van der Waals surface area contributed by atoms with E-state index in [1.165, 1.54) is 32.1 Å². The Morgan fingerprint density at radius 3 is 2.14 bits per heavy atom. The Labute approximate surface area is 126 Å². The summed E-state index contributed by atoms with van der Waals surface area (Å²) in [6.45, 7) is 6.36. The van der Waals surface area contributed by atoms with Gasteiger partial charge in [-0.2, -0.15) is 4.98 Å². The molecule has 1 atom stereocenters. The van der Waals surface area contributed by atoms with Crippen LogP contribution in [0.3, 0.4) is 0 Å². The van der Waals surface area contributed by atoms with Gasteiger partial charge in [-0.05, 0) is 61.2 Å². The zero-order chi connectivity index (χ0) is 14.8. The molecule has 0 saturated heterocycles. The second kappa shape index (κ2) is 4.55. The average Bonchev–Trinajstić information content (AvgIpc) is 2.84. The van der Waals surface area contributed by atoms with Gasteiger partial charge in [-0.3, -0.25) is 0 Å². The number of nitrogens with zero attached hydrogens (tertiary/aromatic N) is 2. The van der Waals surface area contributed by atoms with E-state index in [4.69, 9.17) is 15.2 Å². The molecule has 4 fully saturated rings. The average molecular weight is 289 g/mol. The fourth-order valence-electron chi connectivity index (χ4n) is 5.22. The minimum absolute atomic E-state index is 0.0365. The van der Waals surface area contributed by atoms with E-state index < -0.39 is 0 Å². The quantitative estimate of drug-likeness (QED) is 0.902. The first-order valence-electron chi connectivity index (χ1n) is 8.51. The van der Waals surface area contributed by atoms with Gasteiger partial charge in [0.25, 0.3) is 0 Å². The second-order valence-electron chi connectivity index (χ2n) is 8.79. The van der Waals surface area contributed by atoms with Gasteiger partial charge < -0.3 is 10.3 Å². The van der Waals surface area contributed by atoms with Crippen LogP contribution in [0, 0.1) is 29.1 Å². The maximum Gasteiger partial charge on any atom is 0.230 e. The zero-order valence-corrected chi connectivity index (χ0v) is 13.4. The minimum atomic E-state index is -0.160. The third-order valence-corrected chi connectivity index (χ3v) is 6.18. The SMILES string of the molecule is CC(C)(C)C(N)c1noc(C2C3CC4CC(C3)CC2C4)n1. The van der Waals surface area contributed by atoms with Gasteiger partial charge >= 0.3 is 0 Å². The molecule has 4 bridgehead atoms. The van der Waals surface area contributed by atoms with Crippen LogP contribution in [0.2, 0.25) is 0 Å². The van der Waals surface area contributed by atoms with Crippen molar-refractivity contribution in [2.45, 2.75) is 64.8 Å². The van der Waals surface area contributed by atoms with E-state index in [-0.39, 0.29) is 11.5 Å². The number of aromatic nitrogens is 2. The lowest BCUT2D eigenvalue weighted by molar-refractivity contribution is -0.0131. The van der Waals surface area contributed by atoms with Gasteiger partial charge in [-0.15, -0.1) is 0 Å². The van der Waals surface area contributed by atoms with Crippen molar-refractivity contribution in [3.8, 4) is 0 Å². The first-order chi connectivity index (χ1) is 9.91. The maximum absolute atomic E-state index is 6.27. The molecule has 1 heterocycles. The number of hydrogen-bond donors (Lipinski definition) is 1. The molecule has 0 aromatic carbocycles. The van der Waals surface area contributed by atoms with Crippen LogP contribution >= 0.6 is 0 Å². The van der Waals surface area contributed by atoms with Crippen molar-refractivity contribution >= 4 is 0 Å². The highest BCUT2D eigenvalue weighted by molar-refractivity contribution is 5.10. The standard InChI is InChI=1S/C17H27N3O/c1-17(2,3)14(18)15-19-16(21-20-15)13-11-5-9-4-10(7-11)8-12(13)6-9/h9-14H,4-8,18H2,1-3H3. The van der Waals surface area contributed by atoms with Gasteiger partial charge in [0.2, 0.25) is 5.89 Å². The van der Waals surface area contributed by atoms with Gasteiger partial charge in [-0.1, -0.05) is 25.9 Å². The first-order valence-corrected chi connectivity index (χ1v) is 8.51. The Bertz CT molecular complexity index is 502. The molecule has 1 unspecified atom stereocenters. The van der Waals surface area contributed by atoms with Crippen molar-refractivity contribution in [3.63, 3.8) is 0 Å². The molecule has 1 aromatic heterocycles. The molecule has 0 spiro atoms. The summed E-state index contributed by atoms with van der Waals surface area (Å²) in [5, 5.41) is 4.20. The van der Waals surface area contributed by atoms with Gasteiger partial charge in [0, 0.05) is 5.92 Å². The normalized spacial score (nSPS) is 39.7. The van der Waals surface area contributed by atoms with Crippen LogP contribution in [-0.2, 0) is 0 Å². The van der Waals surface area contributed by atoms with Crippen molar-refractivity contribution in [1.82, 2.24) is 10.1 Å². The molecular weight excluding hydrogens is 262 g/mol. The zero-order valence-electron chi connectivity index (χ0n) is 13.4. The van der Waals surface area contributed by atoms with Crippen LogP contribution < -0.4 is 5.73 Å². The van der Waals surface area contributed by atoms with Crippen molar-refractivity contribution in [1.29, 1.82) is 0 Å². The minimum Gasteiger partial charge on any atom is -0.339 e. The lowest BCUT2D eigenvalue weighted by Crippen LogP contribution is -2.43. The molecule has 4 heteroatoms. The van der Waals surface area contributed by atoms with Crippen LogP contribution in [0.5, 0.6) is 0 Å². The number of rotatable bonds is 2. The fraction of sp³-hybridized carbons (Fsp3) is 0.882. The van der Waals surface area contributed by atoms with Gasteiger partial charge in [0.15, 0.2) is 5.82 Å².